The van der Waals surface area contributed by atoms with Gasteiger partial charge in [0, 0.05) is 19.5 Å². The molecule has 0 aliphatic carbocycles. The van der Waals surface area contributed by atoms with Gasteiger partial charge in [0.15, 0.2) is 0 Å². The number of carbonyl (C=O) groups excluding carboxylic acids is 1. The first kappa shape index (κ1) is 25.5. The molecule has 2 amide bonds. The van der Waals surface area contributed by atoms with Crippen LogP contribution in [0.5, 0.6) is 5.75 Å². The Labute approximate surface area is 224 Å². The summed E-state index contributed by atoms with van der Waals surface area (Å²) in [5, 5.41) is 15.4. The number of nitrogens with one attached hydrogen (secondary N) is 2. The fourth-order valence-corrected chi connectivity index (χ4v) is 4.48. The van der Waals surface area contributed by atoms with Crippen molar-refractivity contribution < 1.29 is 19.4 Å². The largest absolute Gasteiger partial charge is 0.497 e. The van der Waals surface area contributed by atoms with E-state index >= 15 is 0 Å². The summed E-state index contributed by atoms with van der Waals surface area (Å²) >= 11 is 0. The van der Waals surface area contributed by atoms with Gasteiger partial charge in [-0.05, 0) is 42.0 Å². The molecule has 4 aromatic rings. The lowest BCUT2D eigenvalue weighted by molar-refractivity contribution is 0.0698. The van der Waals surface area contributed by atoms with Gasteiger partial charge in [0.2, 0.25) is 5.95 Å². The fourth-order valence-electron chi connectivity index (χ4n) is 4.48. The second-order valence-electron chi connectivity index (χ2n) is 8.99. The van der Waals surface area contributed by atoms with Crippen LogP contribution < -0.4 is 20.9 Å². The number of anilines is 2. The van der Waals surface area contributed by atoms with E-state index < -0.39 is 12.0 Å². The highest BCUT2D eigenvalue weighted by Crippen LogP contribution is 2.22. The number of fused-ring (bicyclic) bond motifs is 1. The predicted octanol–water partition coefficient (Wildman–Crippen LogP) is 4.14. The molecule has 0 unspecified atom stereocenters. The van der Waals surface area contributed by atoms with E-state index in [4.69, 9.17) is 9.72 Å². The van der Waals surface area contributed by atoms with E-state index in [2.05, 4.69) is 10.6 Å². The van der Waals surface area contributed by atoms with Crippen LogP contribution in [-0.4, -0.2) is 45.2 Å². The van der Waals surface area contributed by atoms with Crippen LogP contribution in [0.15, 0.2) is 83.7 Å². The van der Waals surface area contributed by atoms with Crippen molar-refractivity contribution in [2.75, 3.05) is 24.3 Å². The van der Waals surface area contributed by atoms with Crippen LogP contribution in [0.1, 0.15) is 27.2 Å². The Morgan fingerprint density at radius 2 is 1.72 bits per heavy atom. The van der Waals surface area contributed by atoms with Gasteiger partial charge in [-0.1, -0.05) is 42.5 Å². The molecule has 0 atom stereocenters. The van der Waals surface area contributed by atoms with Crippen molar-refractivity contribution in [1.29, 1.82) is 0 Å². The maximum atomic E-state index is 13.8. The molecule has 39 heavy (non-hydrogen) atoms. The molecule has 0 saturated heterocycles. The molecule has 0 bridgehead atoms. The molecule has 0 saturated carbocycles. The molecule has 5 rings (SSSR count). The van der Waals surface area contributed by atoms with Crippen LogP contribution in [0.2, 0.25) is 0 Å². The van der Waals surface area contributed by atoms with E-state index in [-0.39, 0.29) is 23.4 Å². The topological polar surface area (TPSA) is 126 Å². The number of methoxy groups -OCH3 is 1. The molecule has 3 aromatic carbocycles. The number of ether oxygens (including phenoxy) is 1. The lowest BCUT2D eigenvalue weighted by atomic mass is 10.1. The molecular weight excluding hydrogens is 498 g/mol. The standard InChI is InChI=1S/C29H27N5O5/c1-39-21-13-11-19(12-14-21)17-30-28-31-25-15-16-33(29(38)32-24-10-6-5-9-22(24)27(36)37)18-23(25)26(35)34(28)20-7-3-2-4-8-20/h2-14H,15-18H2,1H3,(H,30,31)(H,32,38)(H,36,37). The Morgan fingerprint density at radius 3 is 2.44 bits per heavy atom. The van der Waals surface area contributed by atoms with E-state index in [1.807, 2.05) is 54.6 Å². The van der Waals surface area contributed by atoms with Crippen LogP contribution in [0, 0.1) is 0 Å². The van der Waals surface area contributed by atoms with E-state index in [0.717, 1.165) is 11.3 Å². The van der Waals surface area contributed by atoms with Crippen molar-refractivity contribution in [3.8, 4) is 11.4 Å². The molecule has 1 aliphatic heterocycles. The highest BCUT2D eigenvalue weighted by Gasteiger charge is 2.27. The quantitative estimate of drug-likeness (QED) is 0.331. The van der Waals surface area contributed by atoms with Crippen molar-refractivity contribution >= 4 is 23.6 Å². The summed E-state index contributed by atoms with van der Waals surface area (Å²) in [4.78, 5) is 44.7. The third-order valence-corrected chi connectivity index (χ3v) is 6.54. The second-order valence-corrected chi connectivity index (χ2v) is 8.99. The van der Waals surface area contributed by atoms with Gasteiger partial charge < -0.3 is 25.4 Å². The number of hydrogen-bond donors (Lipinski definition) is 3. The maximum Gasteiger partial charge on any atom is 0.337 e. The zero-order chi connectivity index (χ0) is 27.4. The summed E-state index contributed by atoms with van der Waals surface area (Å²) in [6.45, 7) is 0.821. The molecule has 10 nitrogen and oxygen atoms in total. The summed E-state index contributed by atoms with van der Waals surface area (Å²) in [6, 6.07) is 22.5. The summed E-state index contributed by atoms with van der Waals surface area (Å²) in [6.07, 6.45) is 0.380. The lowest BCUT2D eigenvalue weighted by Crippen LogP contribution is -2.43. The van der Waals surface area contributed by atoms with Crippen LogP contribution >= 0.6 is 0 Å². The van der Waals surface area contributed by atoms with Gasteiger partial charge in [-0.3, -0.25) is 4.79 Å². The molecule has 2 heterocycles. The molecule has 10 heteroatoms. The average Bonchev–Trinajstić information content (AvgIpc) is 2.97. The number of nitrogens with zero attached hydrogens (tertiary/aromatic N) is 3. The third kappa shape index (κ3) is 5.45. The first-order valence-electron chi connectivity index (χ1n) is 12.4. The summed E-state index contributed by atoms with van der Waals surface area (Å²) in [5.41, 5.74) is 2.59. The smallest absolute Gasteiger partial charge is 0.337 e. The number of rotatable bonds is 7. The van der Waals surface area contributed by atoms with Gasteiger partial charge in [0.25, 0.3) is 5.56 Å². The molecule has 1 aliphatic rings. The molecule has 0 fully saturated rings. The predicted molar refractivity (Wildman–Crippen MR) is 147 cm³/mol. The first-order valence-corrected chi connectivity index (χ1v) is 12.4. The normalized spacial score (nSPS) is 12.4. The summed E-state index contributed by atoms with van der Waals surface area (Å²) in [5.74, 6) is 0.0282. The monoisotopic (exact) mass is 525 g/mol. The Morgan fingerprint density at radius 1 is 1.00 bits per heavy atom. The number of carboxylic acids is 1. The Kier molecular flexibility index (Phi) is 7.26. The van der Waals surface area contributed by atoms with Crippen LogP contribution in [-0.2, 0) is 19.5 Å². The number of benzene rings is 3. The van der Waals surface area contributed by atoms with Gasteiger partial charge in [0.05, 0.1) is 41.9 Å². The third-order valence-electron chi connectivity index (χ3n) is 6.54. The number of aromatic nitrogens is 2. The molecule has 0 radical (unpaired) electrons. The molecule has 1 aromatic heterocycles. The minimum atomic E-state index is -1.14. The number of urea groups is 1. The summed E-state index contributed by atoms with van der Waals surface area (Å²) in [7, 11) is 1.61. The highest BCUT2D eigenvalue weighted by atomic mass is 16.5. The van der Waals surface area contributed by atoms with Crippen molar-refractivity contribution in [2.45, 2.75) is 19.5 Å². The zero-order valence-electron chi connectivity index (χ0n) is 21.3. The Bertz CT molecular complexity index is 1570. The number of carboxylic acid groups (broad SMARTS) is 1. The van der Waals surface area contributed by atoms with Gasteiger partial charge in [-0.15, -0.1) is 0 Å². The van der Waals surface area contributed by atoms with Gasteiger partial charge >= 0.3 is 12.0 Å². The minimum absolute atomic E-state index is 0.0102. The fraction of sp³-hybridized carbons (Fsp3) is 0.172. The van der Waals surface area contributed by atoms with E-state index in [9.17, 15) is 19.5 Å². The highest BCUT2D eigenvalue weighted by molar-refractivity contribution is 6.00. The Balaban J connectivity index is 1.43. The summed E-state index contributed by atoms with van der Waals surface area (Å²) < 4.78 is 6.74. The SMILES string of the molecule is COc1ccc(CNc2nc3c(c(=O)n2-c2ccccc2)CN(C(=O)Nc2ccccc2C(=O)O)CC3)cc1. The van der Waals surface area contributed by atoms with Gasteiger partial charge in [-0.2, -0.15) is 0 Å². The van der Waals surface area contributed by atoms with Gasteiger partial charge in [-0.25, -0.2) is 19.1 Å². The molecule has 0 spiro atoms. The van der Waals surface area contributed by atoms with Crippen LogP contribution in [0.4, 0.5) is 16.4 Å². The minimum Gasteiger partial charge on any atom is -0.497 e. The number of para-hydroxylation sites is 2. The second kappa shape index (κ2) is 11.1. The number of amides is 2. The van der Waals surface area contributed by atoms with Crippen molar-refractivity contribution in [3.05, 3.63) is 112 Å². The van der Waals surface area contributed by atoms with Crippen molar-refractivity contribution in [3.63, 3.8) is 0 Å². The molecular formula is C29H27N5O5. The van der Waals surface area contributed by atoms with E-state index in [1.54, 1.807) is 19.2 Å². The van der Waals surface area contributed by atoms with Crippen molar-refractivity contribution in [2.24, 2.45) is 0 Å². The van der Waals surface area contributed by atoms with E-state index in [1.165, 1.54) is 21.6 Å². The molecule has 198 valence electrons. The van der Waals surface area contributed by atoms with Crippen molar-refractivity contribution in [1.82, 2.24) is 14.5 Å². The number of aromatic carboxylic acids is 1. The number of carbonyl (C=O) groups is 2. The lowest BCUT2D eigenvalue weighted by Gasteiger charge is -2.29. The zero-order valence-corrected chi connectivity index (χ0v) is 21.3. The average molecular weight is 526 g/mol. The first-order chi connectivity index (χ1) is 18.9. The number of hydrogen-bond acceptors (Lipinski definition) is 6. The van der Waals surface area contributed by atoms with E-state index in [0.29, 0.717) is 42.4 Å². The van der Waals surface area contributed by atoms with Crippen LogP contribution in [0.25, 0.3) is 5.69 Å². The Hall–Kier alpha value is -5.12. The molecule has 3 N–H and O–H groups in total. The van der Waals surface area contributed by atoms with Crippen LogP contribution in [0.3, 0.4) is 0 Å². The van der Waals surface area contributed by atoms with Gasteiger partial charge in [0.1, 0.15) is 5.75 Å². The maximum absolute atomic E-state index is 13.8.